The number of anilines is 1. The molecule has 0 amide bonds. The minimum atomic E-state index is 0.871. The predicted molar refractivity (Wildman–Crippen MR) is 115 cm³/mol. The maximum atomic E-state index is 4.66. The van der Waals surface area contributed by atoms with Gasteiger partial charge in [0.15, 0.2) is 0 Å². The van der Waals surface area contributed by atoms with Gasteiger partial charge in [0.1, 0.15) is 0 Å². The van der Waals surface area contributed by atoms with E-state index in [1.165, 1.54) is 29.2 Å². The molecule has 0 aliphatic heterocycles. The van der Waals surface area contributed by atoms with Crippen molar-refractivity contribution in [2.24, 2.45) is 0 Å². The summed E-state index contributed by atoms with van der Waals surface area (Å²) in [6, 6.07) is 15.5. The minimum absolute atomic E-state index is 0.871. The van der Waals surface area contributed by atoms with E-state index >= 15 is 0 Å². The summed E-state index contributed by atoms with van der Waals surface area (Å²) in [4.78, 5) is 6.83. The van der Waals surface area contributed by atoms with Crippen LogP contribution in [0.3, 0.4) is 0 Å². The Balaban J connectivity index is 2.03. The standard InChI is InChI=1S/C19H18I2N2/c1-12-6-15(20)10-17(22-12)8-13-4-5-18-14(7-13)9-16(21)11-19(18)23(2)3/h4-7,9-11H,8H2,1-3H3. The fourth-order valence-electron chi connectivity index (χ4n) is 2.83. The molecule has 23 heavy (non-hydrogen) atoms. The second-order valence-corrected chi connectivity index (χ2v) is 8.46. The fraction of sp³-hybridized carbons (Fsp3) is 0.211. The molecule has 0 N–H and O–H groups in total. The van der Waals surface area contributed by atoms with Gasteiger partial charge in [-0.3, -0.25) is 4.98 Å². The van der Waals surface area contributed by atoms with E-state index in [0.717, 1.165) is 17.8 Å². The Bertz CT molecular complexity index is 852. The molecule has 2 nitrogen and oxygen atoms in total. The van der Waals surface area contributed by atoms with Gasteiger partial charge in [-0.05, 0) is 87.3 Å². The Kier molecular flexibility index (Phi) is 5.10. The monoisotopic (exact) mass is 528 g/mol. The summed E-state index contributed by atoms with van der Waals surface area (Å²) in [5.41, 5.74) is 4.78. The lowest BCUT2D eigenvalue weighted by atomic mass is 10.0. The molecular formula is C19H18I2N2. The molecule has 0 atom stereocenters. The van der Waals surface area contributed by atoms with Crippen molar-refractivity contribution in [2.75, 3.05) is 19.0 Å². The van der Waals surface area contributed by atoms with Crippen LogP contribution in [0.5, 0.6) is 0 Å². The Morgan fingerprint density at radius 2 is 1.70 bits per heavy atom. The third kappa shape index (κ3) is 3.96. The molecule has 0 spiro atoms. The number of nitrogens with zero attached hydrogens (tertiary/aromatic N) is 2. The molecule has 118 valence electrons. The maximum absolute atomic E-state index is 4.66. The predicted octanol–water partition coefficient (Wildman–Crippen LogP) is 5.41. The second kappa shape index (κ2) is 6.93. The van der Waals surface area contributed by atoms with Crippen LogP contribution in [0.4, 0.5) is 5.69 Å². The minimum Gasteiger partial charge on any atom is -0.377 e. The van der Waals surface area contributed by atoms with Gasteiger partial charge in [0, 0.05) is 50.1 Å². The number of aryl methyl sites for hydroxylation is 1. The number of fused-ring (bicyclic) bond motifs is 1. The van der Waals surface area contributed by atoms with Crippen molar-refractivity contribution < 1.29 is 0 Å². The lowest BCUT2D eigenvalue weighted by Crippen LogP contribution is -2.09. The van der Waals surface area contributed by atoms with Gasteiger partial charge in [0.2, 0.25) is 0 Å². The van der Waals surface area contributed by atoms with Gasteiger partial charge in [0.25, 0.3) is 0 Å². The smallest absolute Gasteiger partial charge is 0.0461 e. The van der Waals surface area contributed by atoms with E-state index in [2.05, 4.69) is 119 Å². The van der Waals surface area contributed by atoms with Gasteiger partial charge in [0.05, 0.1) is 0 Å². The van der Waals surface area contributed by atoms with Crippen LogP contribution in [0.25, 0.3) is 10.8 Å². The molecule has 0 unspecified atom stereocenters. The highest BCUT2D eigenvalue weighted by Gasteiger charge is 2.07. The molecule has 0 saturated heterocycles. The summed E-state index contributed by atoms with van der Waals surface area (Å²) < 4.78 is 2.51. The quantitative estimate of drug-likeness (QED) is 0.423. The zero-order chi connectivity index (χ0) is 16.6. The molecule has 0 saturated carbocycles. The van der Waals surface area contributed by atoms with Crippen LogP contribution >= 0.6 is 45.2 Å². The van der Waals surface area contributed by atoms with Gasteiger partial charge >= 0.3 is 0 Å². The first-order valence-corrected chi connectivity index (χ1v) is 9.61. The van der Waals surface area contributed by atoms with Gasteiger partial charge in [-0.15, -0.1) is 0 Å². The number of hydrogen-bond acceptors (Lipinski definition) is 2. The molecule has 1 aromatic heterocycles. The Morgan fingerprint density at radius 3 is 2.39 bits per heavy atom. The zero-order valence-corrected chi connectivity index (χ0v) is 17.7. The Hall–Kier alpha value is -0.890. The largest absolute Gasteiger partial charge is 0.377 e. The highest BCUT2D eigenvalue weighted by molar-refractivity contribution is 14.1. The SMILES string of the molecule is Cc1cc(I)cc(Cc2ccc3c(N(C)C)cc(I)cc3c2)n1. The van der Waals surface area contributed by atoms with Crippen molar-refractivity contribution >= 4 is 61.6 Å². The van der Waals surface area contributed by atoms with Crippen LogP contribution in [0, 0.1) is 14.1 Å². The summed E-state index contributed by atoms with van der Waals surface area (Å²) in [5.74, 6) is 0. The molecule has 0 bridgehead atoms. The number of benzene rings is 2. The average Bonchev–Trinajstić information content (AvgIpc) is 2.44. The number of halogens is 2. The molecule has 0 radical (unpaired) electrons. The van der Waals surface area contributed by atoms with Crippen molar-refractivity contribution in [3.8, 4) is 0 Å². The topological polar surface area (TPSA) is 16.1 Å². The van der Waals surface area contributed by atoms with Crippen molar-refractivity contribution in [2.45, 2.75) is 13.3 Å². The second-order valence-electron chi connectivity index (χ2n) is 5.97. The Morgan fingerprint density at radius 1 is 0.957 bits per heavy atom. The van der Waals surface area contributed by atoms with Crippen molar-refractivity contribution in [3.05, 3.63) is 66.6 Å². The van der Waals surface area contributed by atoms with Crippen LogP contribution in [-0.2, 0) is 6.42 Å². The molecule has 3 aromatic rings. The van der Waals surface area contributed by atoms with Crippen LogP contribution in [0.2, 0.25) is 0 Å². The van der Waals surface area contributed by atoms with Gasteiger partial charge in [-0.25, -0.2) is 0 Å². The zero-order valence-electron chi connectivity index (χ0n) is 13.4. The molecular weight excluding hydrogens is 510 g/mol. The summed E-state index contributed by atoms with van der Waals surface area (Å²) in [6.45, 7) is 2.05. The van der Waals surface area contributed by atoms with Crippen molar-refractivity contribution in [1.29, 1.82) is 0 Å². The highest BCUT2D eigenvalue weighted by atomic mass is 127. The highest BCUT2D eigenvalue weighted by Crippen LogP contribution is 2.29. The van der Waals surface area contributed by atoms with E-state index in [0.29, 0.717) is 0 Å². The maximum Gasteiger partial charge on any atom is 0.0461 e. The number of hydrogen-bond donors (Lipinski definition) is 0. The van der Waals surface area contributed by atoms with Crippen LogP contribution in [0.15, 0.2) is 42.5 Å². The van der Waals surface area contributed by atoms with Crippen molar-refractivity contribution in [3.63, 3.8) is 0 Å². The van der Waals surface area contributed by atoms with Crippen LogP contribution in [-0.4, -0.2) is 19.1 Å². The first-order chi connectivity index (χ1) is 10.9. The fourth-order valence-corrected chi connectivity index (χ4v) is 4.28. The van der Waals surface area contributed by atoms with E-state index in [1.54, 1.807) is 0 Å². The number of pyridine rings is 1. The third-order valence-corrected chi connectivity index (χ3v) is 5.04. The van der Waals surface area contributed by atoms with Crippen LogP contribution < -0.4 is 4.90 Å². The number of aromatic nitrogens is 1. The molecule has 3 rings (SSSR count). The third-order valence-electron chi connectivity index (χ3n) is 3.80. The van der Waals surface area contributed by atoms with Crippen molar-refractivity contribution in [1.82, 2.24) is 4.98 Å². The molecule has 2 aromatic carbocycles. The molecule has 0 fully saturated rings. The average molecular weight is 528 g/mol. The first kappa shape index (κ1) is 17.0. The summed E-state index contributed by atoms with van der Waals surface area (Å²) in [5, 5.41) is 2.59. The van der Waals surface area contributed by atoms with Gasteiger partial charge in [-0.1, -0.05) is 18.2 Å². The van der Waals surface area contributed by atoms with E-state index in [-0.39, 0.29) is 0 Å². The Labute approximate surface area is 164 Å². The van der Waals surface area contributed by atoms with E-state index in [1.807, 2.05) is 0 Å². The molecule has 4 heteroatoms. The van der Waals surface area contributed by atoms with E-state index in [9.17, 15) is 0 Å². The number of rotatable bonds is 3. The summed E-state index contributed by atoms with van der Waals surface area (Å²) in [6.07, 6.45) is 0.871. The van der Waals surface area contributed by atoms with Gasteiger partial charge in [-0.2, -0.15) is 0 Å². The summed E-state index contributed by atoms with van der Waals surface area (Å²) in [7, 11) is 4.19. The van der Waals surface area contributed by atoms with Crippen LogP contribution in [0.1, 0.15) is 17.0 Å². The normalized spacial score (nSPS) is 11.0. The summed E-state index contributed by atoms with van der Waals surface area (Å²) >= 11 is 4.75. The van der Waals surface area contributed by atoms with Gasteiger partial charge < -0.3 is 4.90 Å². The first-order valence-electron chi connectivity index (χ1n) is 7.45. The lowest BCUT2D eigenvalue weighted by Gasteiger charge is -2.17. The van der Waals surface area contributed by atoms with E-state index in [4.69, 9.17) is 0 Å². The molecule has 1 heterocycles. The molecule has 0 aliphatic rings. The lowest BCUT2D eigenvalue weighted by molar-refractivity contribution is 1.03. The van der Waals surface area contributed by atoms with E-state index < -0.39 is 0 Å². The molecule has 0 aliphatic carbocycles.